The molecule has 2 atom stereocenters. The Hall–Kier alpha value is -0.850. The Morgan fingerprint density at radius 1 is 1.15 bits per heavy atom. The van der Waals surface area contributed by atoms with Crippen LogP contribution in [0.25, 0.3) is 0 Å². The van der Waals surface area contributed by atoms with E-state index in [1.807, 2.05) is 24.0 Å². The van der Waals surface area contributed by atoms with E-state index in [1.54, 1.807) is 0 Å². The average Bonchev–Trinajstić information content (AvgIpc) is 2.63. The molecule has 2 saturated heterocycles. The van der Waals surface area contributed by atoms with E-state index < -0.39 is 0 Å². The fourth-order valence-corrected chi connectivity index (χ4v) is 3.99. The number of carbonyl (C=O) groups is 1. The van der Waals surface area contributed by atoms with Crippen LogP contribution in [0.2, 0.25) is 0 Å². The topological polar surface area (TPSA) is 52.8 Å². The molecule has 0 spiro atoms. The molecule has 2 aliphatic heterocycles. The number of halogens is 2. The standard InChI is InChI=1S/C20H32N4O.2ClH/c1-16(21)19-8-3-4-9-24(19)20(25)18-7-5-6-17(14-18)15-23-12-10-22(2)11-13-23;;/h5-7,14,16,19H,3-4,8-13,15,21H2,1-2H3;2*1H. The Labute approximate surface area is 176 Å². The maximum absolute atomic E-state index is 13.1. The number of carbonyl (C=O) groups excluding carboxylic acids is 1. The van der Waals surface area contributed by atoms with Crippen LogP contribution in [-0.2, 0) is 6.54 Å². The minimum Gasteiger partial charge on any atom is -0.334 e. The molecule has 0 radical (unpaired) electrons. The second kappa shape index (κ2) is 11.2. The summed E-state index contributed by atoms with van der Waals surface area (Å²) in [5.74, 6) is 0.141. The number of hydrogen-bond donors (Lipinski definition) is 1. The van der Waals surface area contributed by atoms with Crippen LogP contribution in [0.5, 0.6) is 0 Å². The Morgan fingerprint density at radius 3 is 2.52 bits per heavy atom. The van der Waals surface area contributed by atoms with Crippen LogP contribution >= 0.6 is 24.8 Å². The van der Waals surface area contributed by atoms with Gasteiger partial charge < -0.3 is 15.5 Å². The molecule has 0 aliphatic carbocycles. The molecule has 2 fully saturated rings. The summed E-state index contributed by atoms with van der Waals surface area (Å²) in [4.78, 5) is 19.9. The number of likely N-dealkylation sites (tertiary alicyclic amines) is 1. The lowest BCUT2D eigenvalue weighted by molar-refractivity contribution is 0.0583. The van der Waals surface area contributed by atoms with Gasteiger partial charge in [0.2, 0.25) is 0 Å². The van der Waals surface area contributed by atoms with Crippen LogP contribution in [0.4, 0.5) is 0 Å². The van der Waals surface area contributed by atoms with Crippen molar-refractivity contribution >= 4 is 30.7 Å². The van der Waals surface area contributed by atoms with Gasteiger partial charge in [-0.3, -0.25) is 9.69 Å². The Bertz CT molecular complexity index is 591. The number of nitrogens with zero attached hydrogens (tertiary/aromatic N) is 3. The van der Waals surface area contributed by atoms with Crippen LogP contribution in [0.3, 0.4) is 0 Å². The van der Waals surface area contributed by atoms with E-state index in [2.05, 4.69) is 29.0 Å². The molecule has 154 valence electrons. The van der Waals surface area contributed by atoms with Gasteiger partial charge in [0, 0.05) is 56.9 Å². The number of nitrogens with two attached hydrogens (primary N) is 1. The molecule has 2 aliphatic rings. The summed E-state index contributed by atoms with van der Waals surface area (Å²) in [5.41, 5.74) is 8.17. The first kappa shape index (κ1) is 24.2. The first-order valence-corrected chi connectivity index (χ1v) is 9.61. The summed E-state index contributed by atoms with van der Waals surface area (Å²) in [7, 11) is 2.17. The molecule has 5 nitrogen and oxygen atoms in total. The van der Waals surface area contributed by atoms with Crippen molar-refractivity contribution in [1.82, 2.24) is 14.7 Å². The number of benzene rings is 1. The van der Waals surface area contributed by atoms with Crippen molar-refractivity contribution in [2.45, 2.75) is 44.8 Å². The van der Waals surface area contributed by atoms with Gasteiger partial charge >= 0.3 is 0 Å². The van der Waals surface area contributed by atoms with Crippen molar-refractivity contribution in [3.8, 4) is 0 Å². The molecule has 0 bridgehead atoms. The highest BCUT2D eigenvalue weighted by Gasteiger charge is 2.29. The third-order valence-corrected chi connectivity index (χ3v) is 5.59. The van der Waals surface area contributed by atoms with E-state index in [-0.39, 0.29) is 42.8 Å². The van der Waals surface area contributed by atoms with E-state index >= 15 is 0 Å². The third-order valence-electron chi connectivity index (χ3n) is 5.59. The molecular weight excluding hydrogens is 383 g/mol. The van der Waals surface area contributed by atoms with E-state index in [1.165, 1.54) is 12.0 Å². The molecule has 27 heavy (non-hydrogen) atoms. The quantitative estimate of drug-likeness (QED) is 0.819. The minimum atomic E-state index is 0. The SMILES string of the molecule is CC(N)C1CCCCN1C(=O)c1cccc(CN2CCN(C)CC2)c1.Cl.Cl. The first-order valence-electron chi connectivity index (χ1n) is 9.61. The summed E-state index contributed by atoms with van der Waals surface area (Å²) in [6, 6.07) is 8.37. The molecule has 1 aromatic rings. The van der Waals surface area contributed by atoms with E-state index in [4.69, 9.17) is 5.73 Å². The molecular formula is C20H34Cl2N4O. The molecule has 1 aromatic carbocycles. The fourth-order valence-electron chi connectivity index (χ4n) is 3.99. The average molecular weight is 417 g/mol. The number of hydrogen-bond acceptors (Lipinski definition) is 4. The largest absolute Gasteiger partial charge is 0.334 e. The van der Waals surface area contributed by atoms with Gasteiger partial charge in [-0.15, -0.1) is 24.8 Å². The summed E-state index contributed by atoms with van der Waals surface area (Å²) in [5, 5.41) is 0. The maximum Gasteiger partial charge on any atom is 0.254 e. The molecule has 7 heteroatoms. The van der Waals surface area contributed by atoms with Gasteiger partial charge in [0.25, 0.3) is 5.91 Å². The van der Waals surface area contributed by atoms with Gasteiger partial charge in [0.05, 0.1) is 0 Å². The van der Waals surface area contributed by atoms with Gasteiger partial charge in [-0.1, -0.05) is 12.1 Å². The van der Waals surface area contributed by atoms with Gasteiger partial charge in [-0.25, -0.2) is 0 Å². The number of likely N-dealkylation sites (N-methyl/N-ethyl adjacent to an activating group) is 1. The minimum absolute atomic E-state index is 0. The zero-order chi connectivity index (χ0) is 17.8. The lowest BCUT2D eigenvalue weighted by atomic mass is 9.95. The van der Waals surface area contributed by atoms with Crippen LogP contribution in [0.1, 0.15) is 42.1 Å². The highest BCUT2D eigenvalue weighted by molar-refractivity contribution is 5.94. The van der Waals surface area contributed by atoms with Crippen molar-refractivity contribution < 1.29 is 4.79 Å². The molecule has 0 aromatic heterocycles. The normalized spacial score (nSPS) is 22.5. The monoisotopic (exact) mass is 416 g/mol. The van der Waals surface area contributed by atoms with Crippen molar-refractivity contribution in [3.63, 3.8) is 0 Å². The first-order chi connectivity index (χ1) is 12.0. The summed E-state index contributed by atoms with van der Waals surface area (Å²) >= 11 is 0. The summed E-state index contributed by atoms with van der Waals surface area (Å²) in [6.45, 7) is 8.17. The number of amides is 1. The van der Waals surface area contributed by atoms with Crippen LogP contribution in [-0.4, -0.2) is 72.5 Å². The molecule has 1 amide bonds. The van der Waals surface area contributed by atoms with Crippen LogP contribution in [0, 0.1) is 0 Å². The summed E-state index contributed by atoms with van der Waals surface area (Å²) in [6.07, 6.45) is 3.26. The lowest BCUT2D eigenvalue weighted by Crippen LogP contribution is -2.51. The van der Waals surface area contributed by atoms with Gasteiger partial charge in [-0.05, 0) is 50.9 Å². The molecule has 0 saturated carbocycles. The Balaban J connectivity index is 0.00000182. The van der Waals surface area contributed by atoms with Crippen LogP contribution < -0.4 is 5.73 Å². The zero-order valence-corrected chi connectivity index (χ0v) is 18.1. The summed E-state index contributed by atoms with van der Waals surface area (Å²) < 4.78 is 0. The second-order valence-corrected chi connectivity index (χ2v) is 7.70. The van der Waals surface area contributed by atoms with Crippen molar-refractivity contribution in [2.75, 3.05) is 39.8 Å². The van der Waals surface area contributed by atoms with Gasteiger partial charge in [0.1, 0.15) is 0 Å². The van der Waals surface area contributed by atoms with E-state index in [9.17, 15) is 4.79 Å². The number of rotatable bonds is 4. The smallest absolute Gasteiger partial charge is 0.254 e. The second-order valence-electron chi connectivity index (χ2n) is 7.70. The fraction of sp³-hybridized carbons (Fsp3) is 0.650. The highest BCUT2D eigenvalue weighted by atomic mass is 35.5. The molecule has 3 rings (SSSR count). The lowest BCUT2D eigenvalue weighted by Gasteiger charge is -2.38. The van der Waals surface area contributed by atoms with Crippen molar-refractivity contribution in [1.29, 1.82) is 0 Å². The van der Waals surface area contributed by atoms with E-state index in [0.717, 1.165) is 57.7 Å². The molecule has 2 N–H and O–H groups in total. The zero-order valence-electron chi connectivity index (χ0n) is 16.5. The third kappa shape index (κ3) is 6.33. The Kier molecular flexibility index (Phi) is 10.1. The number of piperidine rings is 1. The maximum atomic E-state index is 13.1. The molecule has 2 unspecified atom stereocenters. The Morgan fingerprint density at radius 2 is 1.85 bits per heavy atom. The number of piperazine rings is 1. The van der Waals surface area contributed by atoms with Crippen molar-refractivity contribution in [2.24, 2.45) is 5.73 Å². The van der Waals surface area contributed by atoms with Gasteiger partial charge in [-0.2, -0.15) is 0 Å². The highest BCUT2D eigenvalue weighted by Crippen LogP contribution is 2.22. The van der Waals surface area contributed by atoms with Crippen molar-refractivity contribution in [3.05, 3.63) is 35.4 Å². The van der Waals surface area contributed by atoms with E-state index in [0.29, 0.717) is 0 Å². The van der Waals surface area contributed by atoms with Crippen LogP contribution in [0.15, 0.2) is 24.3 Å². The molecule has 2 heterocycles. The predicted molar refractivity (Wildman–Crippen MR) is 116 cm³/mol. The predicted octanol–water partition coefficient (Wildman–Crippen LogP) is 2.62. The van der Waals surface area contributed by atoms with Gasteiger partial charge in [0.15, 0.2) is 0 Å².